The van der Waals surface area contributed by atoms with E-state index in [4.69, 9.17) is 6.42 Å². The molecule has 27 heavy (non-hydrogen) atoms. The molecule has 1 aliphatic carbocycles. The van der Waals surface area contributed by atoms with Gasteiger partial charge in [-0.3, -0.25) is 14.7 Å². The van der Waals surface area contributed by atoms with Crippen molar-refractivity contribution in [1.82, 2.24) is 9.97 Å². The van der Waals surface area contributed by atoms with Gasteiger partial charge in [0, 0.05) is 48.2 Å². The highest BCUT2D eigenvalue weighted by Crippen LogP contribution is 2.50. The maximum atomic E-state index is 12.9. The lowest BCUT2D eigenvalue weighted by Crippen LogP contribution is -2.31. The Morgan fingerprint density at radius 1 is 1.56 bits per heavy atom. The van der Waals surface area contributed by atoms with Crippen LogP contribution in [0.2, 0.25) is 0 Å². The van der Waals surface area contributed by atoms with Crippen molar-refractivity contribution in [1.29, 1.82) is 0 Å². The van der Waals surface area contributed by atoms with Crippen LogP contribution in [0, 0.1) is 25.2 Å². The largest absolute Gasteiger partial charge is 0.290 e. The molecule has 1 fully saturated rings. The van der Waals surface area contributed by atoms with Gasteiger partial charge in [-0.1, -0.05) is 17.3 Å². The Morgan fingerprint density at radius 3 is 2.96 bits per heavy atom. The number of hydrogen-bond donors (Lipinski definition) is 0. The maximum absolute atomic E-state index is 12.9. The minimum absolute atomic E-state index is 0.0334. The number of nitrogens with zero attached hydrogens (tertiary/aromatic N) is 3. The molecule has 4 nitrogen and oxygen atoms in total. The van der Waals surface area contributed by atoms with Gasteiger partial charge in [-0.05, 0) is 19.1 Å². The summed E-state index contributed by atoms with van der Waals surface area (Å²) in [5.74, 6) is 0.247. The first kappa shape index (κ1) is 19.8. The van der Waals surface area contributed by atoms with Crippen molar-refractivity contribution in [2.75, 3.05) is 23.0 Å². The maximum Gasteiger partial charge on any atom is 0.252 e. The van der Waals surface area contributed by atoms with Crippen LogP contribution in [-0.2, 0) is 4.79 Å². The van der Waals surface area contributed by atoms with Gasteiger partial charge in [-0.15, -0.1) is 6.42 Å². The van der Waals surface area contributed by atoms with Gasteiger partial charge >= 0.3 is 0 Å². The van der Waals surface area contributed by atoms with Crippen molar-refractivity contribution in [2.24, 2.45) is 5.92 Å². The second-order valence-electron chi connectivity index (χ2n) is 6.32. The predicted molar refractivity (Wildman–Crippen MR) is 106 cm³/mol. The molecule has 142 valence electrons. The average molecular weight is 408 g/mol. The molecule has 0 radical (unpaired) electrons. The fourth-order valence-corrected chi connectivity index (χ4v) is 4.79. The van der Waals surface area contributed by atoms with Crippen molar-refractivity contribution in [3.8, 4) is 22.9 Å². The van der Waals surface area contributed by atoms with Crippen molar-refractivity contribution in [3.05, 3.63) is 30.2 Å². The van der Waals surface area contributed by atoms with E-state index in [9.17, 15) is 13.6 Å². The molecule has 1 unspecified atom stereocenters. The molecular formula is C19H19F2N3OS2. The highest BCUT2D eigenvalue weighted by molar-refractivity contribution is 7.99. The molecule has 1 saturated carbocycles. The number of pyridine rings is 1. The summed E-state index contributed by atoms with van der Waals surface area (Å²) in [6.07, 6.45) is 9.08. The Kier molecular flexibility index (Phi) is 6.12. The fraction of sp³-hybridized carbons (Fsp3) is 0.421. The summed E-state index contributed by atoms with van der Waals surface area (Å²) in [6.45, 7) is 1.99. The lowest BCUT2D eigenvalue weighted by Gasteiger charge is -2.18. The summed E-state index contributed by atoms with van der Waals surface area (Å²) < 4.78 is 25.8. The van der Waals surface area contributed by atoms with E-state index in [2.05, 4.69) is 15.9 Å². The van der Waals surface area contributed by atoms with E-state index < -0.39 is 11.8 Å². The fourth-order valence-electron chi connectivity index (χ4n) is 2.59. The molecule has 0 spiro atoms. The van der Waals surface area contributed by atoms with Crippen LogP contribution in [0.15, 0.2) is 24.5 Å². The zero-order valence-electron chi connectivity index (χ0n) is 14.8. The van der Waals surface area contributed by atoms with Crippen molar-refractivity contribution in [2.45, 2.75) is 25.7 Å². The van der Waals surface area contributed by atoms with Crippen LogP contribution in [0.3, 0.4) is 0 Å². The number of aromatic nitrogens is 2. The molecule has 2 aromatic heterocycles. The number of thioether (sulfide) groups is 1. The third kappa shape index (κ3) is 4.85. The number of anilines is 1. The van der Waals surface area contributed by atoms with Crippen LogP contribution in [0.1, 0.15) is 18.5 Å². The third-order valence-electron chi connectivity index (χ3n) is 4.21. The number of thiazole rings is 1. The highest BCUT2D eigenvalue weighted by atomic mass is 32.2. The number of alkyl halides is 2. The molecule has 0 N–H and O–H groups in total. The summed E-state index contributed by atoms with van der Waals surface area (Å²) in [6, 6.07) is 3.74. The van der Waals surface area contributed by atoms with E-state index in [-0.39, 0.29) is 25.3 Å². The zero-order valence-corrected chi connectivity index (χ0v) is 16.5. The van der Waals surface area contributed by atoms with Gasteiger partial charge < -0.3 is 0 Å². The normalized spacial score (nSPS) is 17.3. The van der Waals surface area contributed by atoms with Crippen LogP contribution >= 0.6 is 23.1 Å². The molecule has 0 bridgehead atoms. The zero-order chi connectivity index (χ0) is 19.4. The molecule has 0 aliphatic heterocycles. The van der Waals surface area contributed by atoms with E-state index in [1.165, 1.54) is 23.1 Å². The van der Waals surface area contributed by atoms with Crippen LogP contribution in [0.5, 0.6) is 0 Å². The van der Waals surface area contributed by atoms with Crippen LogP contribution in [0.25, 0.3) is 10.6 Å². The Balaban J connectivity index is 1.63. The number of carbonyl (C=O) groups is 1. The monoisotopic (exact) mass is 407 g/mol. The van der Waals surface area contributed by atoms with Gasteiger partial charge in [-0.25, -0.2) is 13.8 Å². The van der Waals surface area contributed by atoms with Gasteiger partial charge in [0.1, 0.15) is 10.0 Å². The minimum atomic E-state index is -2.50. The smallest absolute Gasteiger partial charge is 0.252 e. The van der Waals surface area contributed by atoms with Crippen LogP contribution < -0.4 is 4.90 Å². The Labute approximate surface area is 165 Å². The van der Waals surface area contributed by atoms with Crippen molar-refractivity contribution >= 4 is 34.0 Å². The number of amides is 1. The highest BCUT2D eigenvalue weighted by Gasteiger charge is 2.56. The number of aryl methyl sites for hydroxylation is 1. The second kappa shape index (κ2) is 8.36. The van der Waals surface area contributed by atoms with E-state index in [1.807, 2.05) is 19.1 Å². The minimum Gasteiger partial charge on any atom is -0.290 e. The molecule has 1 amide bonds. The number of hydrogen-bond acceptors (Lipinski definition) is 5. The second-order valence-corrected chi connectivity index (χ2v) is 8.45. The number of halogens is 2. The molecule has 1 aliphatic rings. The van der Waals surface area contributed by atoms with Gasteiger partial charge in [0.15, 0.2) is 0 Å². The third-order valence-corrected chi connectivity index (χ3v) is 6.57. The van der Waals surface area contributed by atoms with Crippen LogP contribution in [0.4, 0.5) is 13.8 Å². The first-order valence-corrected chi connectivity index (χ1v) is 10.5. The molecular weight excluding hydrogens is 388 g/mol. The summed E-state index contributed by atoms with van der Waals surface area (Å²) in [5.41, 5.74) is 1.61. The van der Waals surface area contributed by atoms with Crippen molar-refractivity contribution < 1.29 is 13.6 Å². The Hall–Kier alpha value is -1.98. The van der Waals surface area contributed by atoms with Crippen molar-refractivity contribution in [3.63, 3.8) is 0 Å². The van der Waals surface area contributed by atoms with Gasteiger partial charge in [0.2, 0.25) is 5.91 Å². The molecule has 3 rings (SSSR count). The van der Waals surface area contributed by atoms with Crippen LogP contribution in [-0.4, -0.2) is 39.8 Å². The lowest BCUT2D eigenvalue weighted by molar-refractivity contribution is -0.118. The SMILES string of the molecule is C#CCN(C(=O)CCSCC1CC1(F)F)c1sc(-c2cccnc2)nc1C. The number of carbonyl (C=O) groups excluding carboxylic acids is 1. The van der Waals surface area contributed by atoms with Gasteiger partial charge in [-0.2, -0.15) is 11.8 Å². The Morgan fingerprint density at radius 2 is 2.33 bits per heavy atom. The molecule has 0 saturated heterocycles. The number of rotatable bonds is 8. The predicted octanol–water partition coefficient (Wildman–Crippen LogP) is 4.26. The van der Waals surface area contributed by atoms with Gasteiger partial charge in [0.05, 0.1) is 12.2 Å². The summed E-state index contributed by atoms with van der Waals surface area (Å²) in [7, 11) is 0. The molecule has 0 aromatic carbocycles. The van der Waals surface area contributed by atoms with E-state index in [0.29, 0.717) is 11.5 Å². The molecule has 8 heteroatoms. The topological polar surface area (TPSA) is 46.1 Å². The average Bonchev–Trinajstić information content (AvgIpc) is 3.08. The quantitative estimate of drug-likeness (QED) is 0.485. The first-order chi connectivity index (χ1) is 12.9. The molecule has 1 atom stereocenters. The van der Waals surface area contributed by atoms with E-state index >= 15 is 0 Å². The number of terminal acetylenes is 1. The molecule has 2 aromatic rings. The standard InChI is InChI=1S/C19H19F2N3OS2/c1-3-8-24(16(25)6-9-26-12-15-10-19(15,20)21)18-13(2)23-17(27-18)14-5-4-7-22-11-14/h1,4-5,7,11,15H,6,8-10,12H2,2H3. The lowest BCUT2D eigenvalue weighted by atomic mass is 10.3. The summed E-state index contributed by atoms with van der Waals surface area (Å²) >= 11 is 2.79. The van der Waals surface area contributed by atoms with E-state index in [0.717, 1.165) is 21.3 Å². The summed E-state index contributed by atoms with van der Waals surface area (Å²) in [4.78, 5) is 22.8. The van der Waals surface area contributed by atoms with E-state index in [1.54, 1.807) is 17.3 Å². The van der Waals surface area contributed by atoms with Gasteiger partial charge in [0.25, 0.3) is 5.92 Å². The molecule has 2 heterocycles. The summed E-state index contributed by atoms with van der Waals surface area (Å²) in [5, 5.41) is 1.49. The Bertz CT molecular complexity index is 848. The first-order valence-electron chi connectivity index (χ1n) is 8.49.